The van der Waals surface area contributed by atoms with Gasteiger partial charge in [-0.3, -0.25) is 10.2 Å². The molecule has 1 N–H and O–H groups in total. The summed E-state index contributed by atoms with van der Waals surface area (Å²) in [5.41, 5.74) is 3.77. The molecule has 0 aliphatic carbocycles. The summed E-state index contributed by atoms with van der Waals surface area (Å²) in [6.45, 7) is 3.73. The summed E-state index contributed by atoms with van der Waals surface area (Å²) in [7, 11) is 0. The molecule has 0 fully saturated rings. The van der Waals surface area contributed by atoms with Crippen molar-refractivity contribution in [1.82, 2.24) is 9.58 Å². The molecule has 1 amide bonds. The molecule has 6 nitrogen and oxygen atoms in total. The van der Waals surface area contributed by atoms with E-state index in [4.69, 9.17) is 5.41 Å². The number of hydrogen-bond acceptors (Lipinski definition) is 4. The number of aliphatic imine (C=N–C) groups is 1. The number of amides is 1. The van der Waals surface area contributed by atoms with Gasteiger partial charge in [-0.2, -0.15) is 15.1 Å². The highest BCUT2D eigenvalue weighted by atomic mass is 32.2. The average molecular weight is 444 g/mol. The SMILES string of the molecule is Cc1cc(C=C2C(=N)N3N=C(c4ccccc4)SC3=NC2=O)c(C)n1-c1ccccc1F. The van der Waals surface area contributed by atoms with Gasteiger partial charge in [0.25, 0.3) is 5.91 Å². The second-order valence-electron chi connectivity index (χ2n) is 7.40. The van der Waals surface area contributed by atoms with Crippen LogP contribution in [0, 0.1) is 25.1 Å². The number of carbonyl (C=O) groups is 1. The van der Waals surface area contributed by atoms with Gasteiger partial charge in [-0.1, -0.05) is 42.5 Å². The molecule has 2 aliphatic rings. The number of nitrogens with one attached hydrogen (secondary N) is 1. The summed E-state index contributed by atoms with van der Waals surface area (Å²) in [6.07, 6.45) is 1.63. The minimum Gasteiger partial charge on any atom is -0.315 e. The van der Waals surface area contributed by atoms with E-state index in [1.54, 1.807) is 28.8 Å². The Morgan fingerprint density at radius 1 is 1.06 bits per heavy atom. The molecular formula is C24H18FN5OS. The molecule has 0 bridgehead atoms. The Bertz CT molecular complexity index is 1370. The number of para-hydroxylation sites is 1. The van der Waals surface area contributed by atoms with Gasteiger partial charge in [0.15, 0.2) is 5.84 Å². The number of rotatable bonds is 3. The highest BCUT2D eigenvalue weighted by Crippen LogP contribution is 2.32. The van der Waals surface area contributed by atoms with Crippen molar-refractivity contribution in [2.24, 2.45) is 10.1 Å². The van der Waals surface area contributed by atoms with E-state index < -0.39 is 5.91 Å². The van der Waals surface area contributed by atoms with E-state index in [1.165, 1.54) is 22.8 Å². The lowest BCUT2D eigenvalue weighted by atomic mass is 10.1. The average Bonchev–Trinajstić information content (AvgIpc) is 3.33. The Balaban J connectivity index is 1.53. The van der Waals surface area contributed by atoms with Crippen molar-refractivity contribution in [2.45, 2.75) is 13.8 Å². The number of hydrazone groups is 1. The van der Waals surface area contributed by atoms with Gasteiger partial charge < -0.3 is 4.57 Å². The zero-order valence-electron chi connectivity index (χ0n) is 17.3. The molecule has 8 heteroatoms. The summed E-state index contributed by atoms with van der Waals surface area (Å²) >= 11 is 1.26. The normalized spacial score (nSPS) is 17.0. The molecule has 158 valence electrons. The molecule has 5 rings (SSSR count). The third-order valence-corrected chi connectivity index (χ3v) is 6.30. The second-order valence-corrected chi connectivity index (χ2v) is 8.36. The molecule has 3 heterocycles. The van der Waals surface area contributed by atoms with Crippen LogP contribution in [0.15, 0.2) is 76.3 Å². The first-order valence-corrected chi connectivity index (χ1v) is 10.7. The predicted molar refractivity (Wildman–Crippen MR) is 126 cm³/mol. The smallest absolute Gasteiger partial charge is 0.283 e. The Kier molecular flexibility index (Phi) is 4.86. The highest BCUT2D eigenvalue weighted by Gasteiger charge is 2.36. The first-order chi connectivity index (χ1) is 15.4. The minimum atomic E-state index is -0.492. The van der Waals surface area contributed by atoms with Crippen molar-refractivity contribution in [3.05, 3.63) is 94.6 Å². The summed E-state index contributed by atoms with van der Waals surface area (Å²) in [6, 6.07) is 18.0. The number of nitrogens with zero attached hydrogens (tertiary/aromatic N) is 4. The number of benzene rings is 2. The number of aryl methyl sites for hydroxylation is 1. The van der Waals surface area contributed by atoms with E-state index in [0.717, 1.165) is 22.5 Å². The maximum atomic E-state index is 14.4. The van der Waals surface area contributed by atoms with Crippen molar-refractivity contribution in [3.63, 3.8) is 0 Å². The van der Waals surface area contributed by atoms with E-state index in [2.05, 4.69) is 10.1 Å². The maximum Gasteiger partial charge on any atom is 0.283 e. The topological polar surface area (TPSA) is 73.8 Å². The number of hydrogen-bond donors (Lipinski definition) is 1. The lowest BCUT2D eigenvalue weighted by molar-refractivity contribution is -0.114. The molecule has 0 saturated carbocycles. The third kappa shape index (κ3) is 3.29. The Morgan fingerprint density at radius 3 is 2.53 bits per heavy atom. The maximum absolute atomic E-state index is 14.4. The fourth-order valence-electron chi connectivity index (χ4n) is 3.78. The van der Waals surface area contributed by atoms with Crippen molar-refractivity contribution in [3.8, 4) is 5.69 Å². The van der Waals surface area contributed by atoms with Gasteiger partial charge in [0, 0.05) is 17.0 Å². The van der Waals surface area contributed by atoms with Gasteiger partial charge in [-0.25, -0.2) is 4.39 Å². The highest BCUT2D eigenvalue weighted by molar-refractivity contribution is 8.27. The Morgan fingerprint density at radius 2 is 1.78 bits per heavy atom. The first kappa shape index (κ1) is 20.1. The predicted octanol–water partition coefficient (Wildman–Crippen LogP) is 4.90. The van der Waals surface area contributed by atoms with E-state index in [9.17, 15) is 9.18 Å². The zero-order chi connectivity index (χ0) is 22.4. The third-order valence-electron chi connectivity index (χ3n) is 5.34. The summed E-state index contributed by atoms with van der Waals surface area (Å²) in [5, 5.41) is 15.5. The number of carbonyl (C=O) groups excluding carboxylic acids is 1. The van der Waals surface area contributed by atoms with Crippen LogP contribution in [0.1, 0.15) is 22.5 Å². The molecule has 2 aliphatic heterocycles. The number of halogens is 1. The van der Waals surface area contributed by atoms with Crippen LogP contribution in [0.25, 0.3) is 11.8 Å². The Labute approximate surface area is 188 Å². The summed E-state index contributed by atoms with van der Waals surface area (Å²) < 4.78 is 16.2. The van der Waals surface area contributed by atoms with Gasteiger partial charge in [0.05, 0.1) is 11.3 Å². The van der Waals surface area contributed by atoms with Crippen molar-refractivity contribution < 1.29 is 9.18 Å². The minimum absolute atomic E-state index is 0.0332. The Hall–Kier alpha value is -3.78. The molecular weight excluding hydrogens is 425 g/mol. The molecule has 0 spiro atoms. The van der Waals surface area contributed by atoms with Crippen LogP contribution in [0.5, 0.6) is 0 Å². The zero-order valence-corrected chi connectivity index (χ0v) is 18.2. The fraction of sp³-hybridized carbons (Fsp3) is 0.0833. The largest absolute Gasteiger partial charge is 0.315 e. The van der Waals surface area contributed by atoms with Crippen LogP contribution in [0.2, 0.25) is 0 Å². The number of aromatic nitrogens is 1. The molecule has 32 heavy (non-hydrogen) atoms. The van der Waals surface area contributed by atoms with Crippen LogP contribution in [0.4, 0.5) is 4.39 Å². The lowest BCUT2D eigenvalue weighted by Gasteiger charge is -2.20. The van der Waals surface area contributed by atoms with E-state index in [0.29, 0.717) is 15.9 Å². The van der Waals surface area contributed by atoms with E-state index >= 15 is 0 Å². The van der Waals surface area contributed by atoms with Gasteiger partial charge in [0.1, 0.15) is 10.9 Å². The summed E-state index contributed by atoms with van der Waals surface area (Å²) in [5.74, 6) is -0.857. The van der Waals surface area contributed by atoms with E-state index in [1.807, 2.05) is 50.2 Å². The summed E-state index contributed by atoms with van der Waals surface area (Å²) in [4.78, 5) is 16.9. The van der Waals surface area contributed by atoms with Crippen molar-refractivity contribution in [2.75, 3.05) is 0 Å². The van der Waals surface area contributed by atoms with Crippen LogP contribution in [0.3, 0.4) is 0 Å². The van der Waals surface area contributed by atoms with Gasteiger partial charge in [-0.15, -0.1) is 0 Å². The van der Waals surface area contributed by atoms with Crippen LogP contribution in [-0.4, -0.2) is 31.5 Å². The monoisotopic (exact) mass is 443 g/mol. The van der Waals surface area contributed by atoms with Gasteiger partial charge in [0.2, 0.25) is 5.17 Å². The van der Waals surface area contributed by atoms with Crippen molar-refractivity contribution >= 4 is 39.8 Å². The van der Waals surface area contributed by atoms with Crippen LogP contribution in [-0.2, 0) is 4.79 Å². The first-order valence-electron chi connectivity index (χ1n) is 9.93. The fourth-order valence-corrected chi connectivity index (χ4v) is 4.68. The molecule has 3 aromatic rings. The molecule has 0 unspecified atom stereocenters. The van der Waals surface area contributed by atoms with Gasteiger partial charge in [-0.05, 0) is 55.4 Å². The lowest BCUT2D eigenvalue weighted by Crippen LogP contribution is -2.35. The quantitative estimate of drug-likeness (QED) is 0.585. The van der Waals surface area contributed by atoms with Crippen LogP contribution < -0.4 is 0 Å². The molecule has 1 aromatic heterocycles. The number of amidine groups is 2. The molecule has 0 radical (unpaired) electrons. The molecule has 2 aromatic carbocycles. The van der Waals surface area contributed by atoms with E-state index in [-0.39, 0.29) is 17.2 Å². The second kappa shape index (κ2) is 7.72. The molecule has 0 atom stereocenters. The number of fused-ring (bicyclic) bond motifs is 1. The van der Waals surface area contributed by atoms with Crippen molar-refractivity contribution in [1.29, 1.82) is 5.41 Å². The standard InChI is InChI=1S/C24H18FN5OS/c1-14-12-17(15(2)29(14)20-11-7-6-10-19(20)25)13-18-21(26)30-24(27-22(18)31)32-23(28-30)16-8-4-3-5-9-16/h3-13,26H,1-2H3. The molecule has 0 saturated heterocycles. The number of thioether (sulfide) groups is 1. The van der Waals surface area contributed by atoms with Crippen LogP contribution >= 0.6 is 11.8 Å². The van der Waals surface area contributed by atoms with Gasteiger partial charge >= 0.3 is 0 Å².